The fraction of sp³-hybridized carbons (Fsp3) is 0.769. The van der Waals surface area contributed by atoms with Crippen molar-refractivity contribution in [3.8, 4) is 0 Å². The molecule has 0 aliphatic carbocycles. The molecule has 106 valence electrons. The molecule has 0 saturated carbocycles. The summed E-state index contributed by atoms with van der Waals surface area (Å²) >= 11 is 0. The van der Waals surface area contributed by atoms with Gasteiger partial charge >= 0.3 is 5.97 Å². The van der Waals surface area contributed by atoms with Gasteiger partial charge in [-0.15, -0.1) is 0 Å². The van der Waals surface area contributed by atoms with Crippen LogP contribution in [0.1, 0.15) is 39.0 Å². The van der Waals surface area contributed by atoms with Gasteiger partial charge in [0.05, 0.1) is 0 Å². The molecular formula is C13H20N2O4. The molecule has 2 N–H and O–H groups in total. The molecule has 0 spiro atoms. The Hall–Kier alpha value is -1.59. The third-order valence-electron chi connectivity index (χ3n) is 4.15. The van der Waals surface area contributed by atoms with Crippen LogP contribution in [0.3, 0.4) is 0 Å². The molecule has 2 fully saturated rings. The molecule has 2 aliphatic heterocycles. The summed E-state index contributed by atoms with van der Waals surface area (Å²) in [5, 5.41) is 11.9. The number of carbonyl (C=O) groups is 3. The molecule has 3 unspecified atom stereocenters. The van der Waals surface area contributed by atoms with Crippen LogP contribution in [-0.2, 0) is 14.4 Å². The molecule has 6 heteroatoms. The van der Waals surface area contributed by atoms with Gasteiger partial charge in [0, 0.05) is 13.0 Å². The maximum absolute atomic E-state index is 12.3. The number of rotatable bonds is 3. The molecule has 2 saturated heterocycles. The summed E-state index contributed by atoms with van der Waals surface area (Å²) in [6.07, 6.45) is 3.11. The van der Waals surface area contributed by atoms with Crippen molar-refractivity contribution in [2.24, 2.45) is 5.92 Å². The zero-order chi connectivity index (χ0) is 14.0. The second kappa shape index (κ2) is 5.59. The van der Waals surface area contributed by atoms with Crippen molar-refractivity contribution in [3.05, 3.63) is 0 Å². The lowest BCUT2D eigenvalue weighted by Crippen LogP contribution is -2.55. The Kier molecular flexibility index (Phi) is 4.07. The average molecular weight is 268 g/mol. The Balaban J connectivity index is 2.06. The maximum Gasteiger partial charge on any atom is 0.326 e. The fourth-order valence-corrected chi connectivity index (χ4v) is 2.91. The average Bonchev–Trinajstić information content (AvgIpc) is 2.83. The molecule has 3 atom stereocenters. The lowest BCUT2D eigenvalue weighted by atomic mass is 9.88. The van der Waals surface area contributed by atoms with Crippen LogP contribution >= 0.6 is 0 Å². The number of amides is 2. The van der Waals surface area contributed by atoms with E-state index in [0.717, 1.165) is 12.8 Å². The second-order valence-corrected chi connectivity index (χ2v) is 5.34. The molecule has 0 radical (unpaired) electrons. The zero-order valence-electron chi connectivity index (χ0n) is 11.1. The summed E-state index contributed by atoms with van der Waals surface area (Å²) in [5.41, 5.74) is 0. The van der Waals surface area contributed by atoms with E-state index in [0.29, 0.717) is 31.7 Å². The molecule has 0 aromatic rings. The Bertz CT molecular complexity index is 396. The smallest absolute Gasteiger partial charge is 0.326 e. The largest absolute Gasteiger partial charge is 0.480 e. The van der Waals surface area contributed by atoms with E-state index in [1.165, 1.54) is 4.90 Å². The highest BCUT2D eigenvalue weighted by molar-refractivity contribution is 5.93. The van der Waals surface area contributed by atoms with E-state index >= 15 is 0 Å². The second-order valence-electron chi connectivity index (χ2n) is 5.34. The minimum Gasteiger partial charge on any atom is -0.480 e. The number of carbonyl (C=O) groups excluding carboxylic acids is 2. The van der Waals surface area contributed by atoms with Gasteiger partial charge in [-0.1, -0.05) is 13.3 Å². The van der Waals surface area contributed by atoms with E-state index in [4.69, 9.17) is 0 Å². The third kappa shape index (κ3) is 2.88. The van der Waals surface area contributed by atoms with Crippen molar-refractivity contribution in [2.75, 3.05) is 6.54 Å². The maximum atomic E-state index is 12.3. The molecule has 2 aliphatic rings. The Morgan fingerprint density at radius 2 is 2.16 bits per heavy atom. The van der Waals surface area contributed by atoms with Gasteiger partial charge in [0.1, 0.15) is 12.1 Å². The number of hydrogen-bond acceptors (Lipinski definition) is 3. The summed E-state index contributed by atoms with van der Waals surface area (Å²) < 4.78 is 0. The van der Waals surface area contributed by atoms with Crippen LogP contribution in [0.25, 0.3) is 0 Å². The van der Waals surface area contributed by atoms with E-state index in [1.807, 2.05) is 6.92 Å². The molecule has 19 heavy (non-hydrogen) atoms. The Morgan fingerprint density at radius 3 is 2.68 bits per heavy atom. The van der Waals surface area contributed by atoms with Crippen molar-refractivity contribution in [2.45, 2.75) is 51.1 Å². The third-order valence-corrected chi connectivity index (χ3v) is 4.15. The highest BCUT2D eigenvalue weighted by Crippen LogP contribution is 2.27. The molecule has 0 bridgehead atoms. The first-order chi connectivity index (χ1) is 9.02. The molecule has 0 aromatic carbocycles. The van der Waals surface area contributed by atoms with Gasteiger partial charge in [0.2, 0.25) is 11.8 Å². The van der Waals surface area contributed by atoms with Gasteiger partial charge in [-0.25, -0.2) is 4.79 Å². The molecule has 2 rings (SSSR count). The molecule has 2 heterocycles. The van der Waals surface area contributed by atoms with Gasteiger partial charge in [0.25, 0.3) is 0 Å². The number of carboxylic acid groups (broad SMARTS) is 1. The molecule has 2 amide bonds. The minimum atomic E-state index is -0.948. The van der Waals surface area contributed by atoms with Crippen molar-refractivity contribution in [1.29, 1.82) is 0 Å². The highest BCUT2D eigenvalue weighted by atomic mass is 16.4. The van der Waals surface area contributed by atoms with Gasteiger partial charge in [0.15, 0.2) is 0 Å². The Labute approximate surface area is 112 Å². The summed E-state index contributed by atoms with van der Waals surface area (Å²) in [4.78, 5) is 36.2. The van der Waals surface area contributed by atoms with E-state index in [2.05, 4.69) is 5.32 Å². The van der Waals surface area contributed by atoms with Crippen LogP contribution < -0.4 is 5.32 Å². The van der Waals surface area contributed by atoms with Crippen LogP contribution in [0.2, 0.25) is 0 Å². The number of aliphatic carboxylic acids is 1. The van der Waals surface area contributed by atoms with Crippen LogP contribution in [0.5, 0.6) is 0 Å². The van der Waals surface area contributed by atoms with Crippen molar-refractivity contribution < 1.29 is 19.5 Å². The Morgan fingerprint density at radius 1 is 1.42 bits per heavy atom. The van der Waals surface area contributed by atoms with Gasteiger partial charge in [-0.05, 0) is 25.2 Å². The first-order valence-corrected chi connectivity index (χ1v) is 6.85. The molecular weight excluding hydrogens is 248 g/mol. The SMILES string of the molecule is CCC1CCN(C(=O)C2CCC(=O)N2)C(C(=O)O)C1. The first-order valence-electron chi connectivity index (χ1n) is 6.85. The summed E-state index contributed by atoms with van der Waals surface area (Å²) in [6.45, 7) is 2.51. The lowest BCUT2D eigenvalue weighted by Gasteiger charge is -2.38. The monoisotopic (exact) mass is 268 g/mol. The van der Waals surface area contributed by atoms with E-state index in [9.17, 15) is 19.5 Å². The van der Waals surface area contributed by atoms with Crippen LogP contribution in [0.4, 0.5) is 0 Å². The van der Waals surface area contributed by atoms with E-state index in [1.54, 1.807) is 0 Å². The van der Waals surface area contributed by atoms with Crippen molar-refractivity contribution in [3.63, 3.8) is 0 Å². The fourth-order valence-electron chi connectivity index (χ4n) is 2.91. The number of nitrogens with zero attached hydrogens (tertiary/aromatic N) is 1. The van der Waals surface area contributed by atoms with E-state index < -0.39 is 18.1 Å². The van der Waals surface area contributed by atoms with E-state index in [-0.39, 0.29) is 11.8 Å². The molecule has 6 nitrogen and oxygen atoms in total. The molecule has 0 aromatic heterocycles. The number of carboxylic acids is 1. The standard InChI is InChI=1S/C13H20N2O4/c1-2-8-5-6-15(10(7-8)13(18)19)12(17)9-3-4-11(16)14-9/h8-10H,2-7H2,1H3,(H,14,16)(H,18,19). The van der Waals surface area contributed by atoms with Crippen molar-refractivity contribution in [1.82, 2.24) is 10.2 Å². The summed E-state index contributed by atoms with van der Waals surface area (Å²) in [7, 11) is 0. The lowest BCUT2D eigenvalue weighted by molar-refractivity contribution is -0.154. The predicted octanol–water partition coefficient (Wildman–Crippen LogP) is 0.367. The quantitative estimate of drug-likeness (QED) is 0.774. The first kappa shape index (κ1) is 13.8. The van der Waals surface area contributed by atoms with Crippen LogP contribution in [-0.4, -0.2) is 46.4 Å². The normalized spacial score (nSPS) is 31.1. The van der Waals surface area contributed by atoms with Gasteiger partial charge < -0.3 is 15.3 Å². The van der Waals surface area contributed by atoms with Crippen LogP contribution in [0, 0.1) is 5.92 Å². The summed E-state index contributed by atoms with van der Waals surface area (Å²) in [5.74, 6) is -0.958. The zero-order valence-corrected chi connectivity index (χ0v) is 11.1. The van der Waals surface area contributed by atoms with Crippen LogP contribution in [0.15, 0.2) is 0 Å². The topological polar surface area (TPSA) is 86.7 Å². The summed E-state index contributed by atoms with van der Waals surface area (Å²) in [6, 6.07) is -1.28. The van der Waals surface area contributed by atoms with Crippen molar-refractivity contribution >= 4 is 17.8 Å². The van der Waals surface area contributed by atoms with Gasteiger partial charge in [-0.2, -0.15) is 0 Å². The number of hydrogen-bond donors (Lipinski definition) is 2. The minimum absolute atomic E-state index is 0.131. The highest BCUT2D eigenvalue weighted by Gasteiger charge is 2.39. The number of nitrogens with one attached hydrogen (secondary N) is 1. The van der Waals surface area contributed by atoms with Gasteiger partial charge in [-0.3, -0.25) is 9.59 Å². The number of piperidine rings is 1. The number of likely N-dealkylation sites (tertiary alicyclic amines) is 1. The predicted molar refractivity (Wildman–Crippen MR) is 67.3 cm³/mol.